The first kappa shape index (κ1) is 17.7. The molecule has 7 heteroatoms. The number of ether oxygens (including phenoxy) is 1. The average molecular weight is 374 g/mol. The van der Waals surface area contributed by atoms with Crippen molar-refractivity contribution in [3.8, 4) is 23.3 Å². The standard InChI is InChI=1S/C21H18N4O3/c1-2-27-18-9-7-17(8-10-18)25-13-16(11-19(25)26)20-23-21(28-24-20)15-5-3-14(12-22)4-6-15/h3-10,16H,2,11,13H2,1H3. The molecule has 4 rings (SSSR count). The van der Waals surface area contributed by atoms with Crippen molar-refractivity contribution in [3.63, 3.8) is 0 Å². The summed E-state index contributed by atoms with van der Waals surface area (Å²) in [7, 11) is 0. The monoisotopic (exact) mass is 374 g/mol. The number of nitrogens with zero attached hydrogens (tertiary/aromatic N) is 4. The van der Waals surface area contributed by atoms with Gasteiger partial charge < -0.3 is 14.2 Å². The Morgan fingerprint density at radius 1 is 1.21 bits per heavy atom. The van der Waals surface area contributed by atoms with Crippen LogP contribution in [0.5, 0.6) is 5.75 Å². The number of benzene rings is 2. The van der Waals surface area contributed by atoms with Crippen molar-refractivity contribution in [2.45, 2.75) is 19.3 Å². The number of rotatable bonds is 5. The van der Waals surface area contributed by atoms with Crippen molar-refractivity contribution >= 4 is 11.6 Å². The zero-order chi connectivity index (χ0) is 19.5. The zero-order valence-electron chi connectivity index (χ0n) is 15.3. The van der Waals surface area contributed by atoms with Gasteiger partial charge in [0, 0.05) is 30.1 Å². The van der Waals surface area contributed by atoms with Gasteiger partial charge in [-0.3, -0.25) is 4.79 Å². The topological polar surface area (TPSA) is 92.2 Å². The van der Waals surface area contributed by atoms with Crippen molar-refractivity contribution < 1.29 is 14.1 Å². The predicted octanol–water partition coefficient (Wildman–Crippen LogP) is 3.53. The van der Waals surface area contributed by atoms with Crippen LogP contribution in [0, 0.1) is 11.3 Å². The van der Waals surface area contributed by atoms with Gasteiger partial charge in [0.05, 0.1) is 18.2 Å². The Bertz CT molecular complexity index is 1020. The lowest BCUT2D eigenvalue weighted by Crippen LogP contribution is -2.24. The van der Waals surface area contributed by atoms with E-state index in [0.29, 0.717) is 36.9 Å². The normalized spacial score (nSPS) is 16.2. The van der Waals surface area contributed by atoms with Crippen LogP contribution in [-0.4, -0.2) is 29.2 Å². The third-order valence-electron chi connectivity index (χ3n) is 4.65. The van der Waals surface area contributed by atoms with E-state index in [2.05, 4.69) is 16.2 Å². The molecular formula is C21H18N4O3. The summed E-state index contributed by atoms with van der Waals surface area (Å²) in [6.07, 6.45) is 0.333. The van der Waals surface area contributed by atoms with Crippen molar-refractivity contribution in [3.05, 3.63) is 59.9 Å². The lowest BCUT2D eigenvalue weighted by molar-refractivity contribution is -0.117. The Morgan fingerprint density at radius 3 is 2.64 bits per heavy atom. The number of carbonyl (C=O) groups excluding carboxylic acids is 1. The number of carbonyl (C=O) groups is 1. The molecule has 0 aliphatic carbocycles. The molecule has 1 aliphatic rings. The van der Waals surface area contributed by atoms with E-state index in [0.717, 1.165) is 17.0 Å². The van der Waals surface area contributed by atoms with Crippen molar-refractivity contribution in [2.75, 3.05) is 18.1 Å². The molecule has 28 heavy (non-hydrogen) atoms. The van der Waals surface area contributed by atoms with Crippen LogP contribution in [0.2, 0.25) is 0 Å². The number of amides is 1. The van der Waals surface area contributed by atoms with Gasteiger partial charge in [-0.1, -0.05) is 5.16 Å². The molecule has 2 aromatic carbocycles. The van der Waals surface area contributed by atoms with Gasteiger partial charge in [-0.25, -0.2) is 0 Å². The van der Waals surface area contributed by atoms with Crippen LogP contribution < -0.4 is 9.64 Å². The summed E-state index contributed by atoms with van der Waals surface area (Å²) >= 11 is 0. The number of aromatic nitrogens is 2. The van der Waals surface area contributed by atoms with E-state index in [-0.39, 0.29) is 11.8 Å². The molecule has 0 radical (unpaired) electrons. The molecule has 0 N–H and O–H groups in total. The molecule has 1 saturated heterocycles. The second-order valence-electron chi connectivity index (χ2n) is 6.48. The minimum absolute atomic E-state index is 0.0267. The molecule has 1 amide bonds. The van der Waals surface area contributed by atoms with Gasteiger partial charge in [0.1, 0.15) is 5.75 Å². The second kappa shape index (κ2) is 7.53. The minimum atomic E-state index is -0.130. The predicted molar refractivity (Wildman–Crippen MR) is 102 cm³/mol. The van der Waals surface area contributed by atoms with Crippen molar-refractivity contribution in [1.29, 1.82) is 5.26 Å². The van der Waals surface area contributed by atoms with Gasteiger partial charge >= 0.3 is 0 Å². The fraction of sp³-hybridized carbons (Fsp3) is 0.238. The average Bonchev–Trinajstić information content (AvgIpc) is 3.36. The van der Waals surface area contributed by atoms with Gasteiger partial charge in [-0.05, 0) is 55.5 Å². The summed E-state index contributed by atoms with van der Waals surface area (Å²) in [6, 6.07) is 16.5. The maximum atomic E-state index is 12.5. The Morgan fingerprint density at radius 2 is 1.96 bits per heavy atom. The minimum Gasteiger partial charge on any atom is -0.494 e. The number of anilines is 1. The second-order valence-corrected chi connectivity index (χ2v) is 6.48. The molecule has 3 aromatic rings. The molecule has 1 fully saturated rings. The zero-order valence-corrected chi connectivity index (χ0v) is 15.3. The molecule has 140 valence electrons. The summed E-state index contributed by atoms with van der Waals surface area (Å²) in [5, 5.41) is 13.0. The Balaban J connectivity index is 1.49. The Kier molecular flexibility index (Phi) is 4.77. The highest BCUT2D eigenvalue weighted by Crippen LogP contribution is 2.32. The van der Waals surface area contributed by atoms with Crippen molar-refractivity contribution in [1.82, 2.24) is 10.1 Å². The first-order chi connectivity index (χ1) is 13.7. The first-order valence-electron chi connectivity index (χ1n) is 9.05. The number of nitriles is 1. The summed E-state index contributed by atoms with van der Waals surface area (Å²) in [4.78, 5) is 18.7. The van der Waals surface area contributed by atoms with E-state index in [9.17, 15) is 4.79 Å². The number of hydrogen-bond donors (Lipinski definition) is 0. The van der Waals surface area contributed by atoms with E-state index in [1.54, 1.807) is 29.2 Å². The molecule has 1 unspecified atom stereocenters. The molecule has 1 aliphatic heterocycles. The van der Waals surface area contributed by atoms with Crippen LogP contribution in [0.4, 0.5) is 5.69 Å². The van der Waals surface area contributed by atoms with Gasteiger partial charge in [-0.2, -0.15) is 10.2 Å². The lowest BCUT2D eigenvalue weighted by atomic mass is 10.1. The molecule has 7 nitrogen and oxygen atoms in total. The van der Waals surface area contributed by atoms with E-state index in [1.165, 1.54) is 0 Å². The highest BCUT2D eigenvalue weighted by molar-refractivity contribution is 5.96. The van der Waals surface area contributed by atoms with Crippen LogP contribution in [0.15, 0.2) is 53.1 Å². The van der Waals surface area contributed by atoms with E-state index in [1.807, 2.05) is 31.2 Å². The third-order valence-corrected chi connectivity index (χ3v) is 4.65. The van der Waals surface area contributed by atoms with Crippen LogP contribution in [0.1, 0.15) is 30.7 Å². The van der Waals surface area contributed by atoms with E-state index >= 15 is 0 Å². The maximum absolute atomic E-state index is 12.5. The molecule has 0 spiro atoms. The highest BCUT2D eigenvalue weighted by Gasteiger charge is 2.34. The first-order valence-corrected chi connectivity index (χ1v) is 9.05. The van der Waals surface area contributed by atoms with Crippen LogP contribution in [0.3, 0.4) is 0 Å². The molecule has 1 aromatic heterocycles. The molecule has 2 heterocycles. The largest absolute Gasteiger partial charge is 0.494 e. The fourth-order valence-corrected chi connectivity index (χ4v) is 3.22. The van der Waals surface area contributed by atoms with Gasteiger partial charge in [0.25, 0.3) is 5.89 Å². The van der Waals surface area contributed by atoms with Gasteiger partial charge in [0.15, 0.2) is 5.82 Å². The Labute approximate surface area is 162 Å². The Hall–Kier alpha value is -3.66. The SMILES string of the molecule is CCOc1ccc(N2CC(c3noc(-c4ccc(C#N)cc4)n3)CC2=O)cc1. The van der Waals surface area contributed by atoms with Crippen LogP contribution in [0.25, 0.3) is 11.5 Å². The quantitative estimate of drug-likeness (QED) is 0.678. The summed E-state index contributed by atoms with van der Waals surface area (Å²) in [6.45, 7) is 3.03. The van der Waals surface area contributed by atoms with Crippen molar-refractivity contribution in [2.24, 2.45) is 0 Å². The smallest absolute Gasteiger partial charge is 0.257 e. The van der Waals surface area contributed by atoms with Crippen LogP contribution >= 0.6 is 0 Å². The van der Waals surface area contributed by atoms with Crippen LogP contribution in [-0.2, 0) is 4.79 Å². The van der Waals surface area contributed by atoms with Gasteiger partial charge in [-0.15, -0.1) is 0 Å². The molecular weight excluding hydrogens is 356 g/mol. The summed E-state index contributed by atoms with van der Waals surface area (Å²) in [5.74, 6) is 1.57. The summed E-state index contributed by atoms with van der Waals surface area (Å²) in [5.41, 5.74) is 2.13. The fourth-order valence-electron chi connectivity index (χ4n) is 3.22. The molecule has 1 atom stereocenters. The third kappa shape index (κ3) is 3.45. The maximum Gasteiger partial charge on any atom is 0.257 e. The highest BCUT2D eigenvalue weighted by atomic mass is 16.5. The van der Waals surface area contributed by atoms with Gasteiger partial charge in [0.2, 0.25) is 5.91 Å². The summed E-state index contributed by atoms with van der Waals surface area (Å²) < 4.78 is 10.8. The lowest BCUT2D eigenvalue weighted by Gasteiger charge is -2.16. The van der Waals surface area contributed by atoms with E-state index in [4.69, 9.17) is 14.5 Å². The molecule has 0 saturated carbocycles. The number of hydrogen-bond acceptors (Lipinski definition) is 6. The van der Waals surface area contributed by atoms with E-state index < -0.39 is 0 Å². The molecule has 0 bridgehead atoms.